The average Bonchev–Trinajstić information content (AvgIpc) is 2.65. The molecule has 0 radical (unpaired) electrons. The minimum atomic E-state index is -0.654. The van der Waals surface area contributed by atoms with Gasteiger partial charge in [-0.25, -0.2) is 0 Å². The van der Waals surface area contributed by atoms with Gasteiger partial charge in [-0.3, -0.25) is 9.59 Å². The lowest BCUT2D eigenvalue weighted by molar-refractivity contribution is -0.142. The third kappa shape index (κ3) is 7.42. The van der Waals surface area contributed by atoms with Crippen LogP contribution in [0.1, 0.15) is 38.8 Å². The molecule has 0 bridgehead atoms. The number of amides is 2. The highest BCUT2D eigenvalue weighted by Crippen LogP contribution is 2.16. The fraction of sp³-hybridized carbons (Fsp3) is 0.391. The maximum atomic E-state index is 13.0. The Labute approximate surface area is 178 Å². The van der Waals surface area contributed by atoms with Crippen LogP contribution in [0.4, 0.5) is 0 Å². The van der Waals surface area contributed by atoms with Crippen LogP contribution >= 0.6 is 11.6 Å². The third-order valence-corrected chi connectivity index (χ3v) is 4.57. The molecule has 1 atom stereocenters. The third-order valence-electron chi connectivity index (χ3n) is 4.31. The number of ether oxygens (including phenoxy) is 1. The Morgan fingerprint density at radius 2 is 1.66 bits per heavy atom. The lowest BCUT2D eigenvalue weighted by Gasteiger charge is -2.31. The second-order valence-corrected chi connectivity index (χ2v) is 8.60. The van der Waals surface area contributed by atoms with Gasteiger partial charge in [-0.15, -0.1) is 0 Å². The van der Waals surface area contributed by atoms with Crippen molar-refractivity contribution in [3.05, 3.63) is 64.7 Å². The zero-order chi connectivity index (χ0) is 21.6. The molecule has 156 valence electrons. The van der Waals surface area contributed by atoms with Crippen molar-refractivity contribution >= 4 is 23.4 Å². The summed E-state index contributed by atoms with van der Waals surface area (Å²) in [5, 5.41) is 3.55. The molecule has 2 aromatic carbocycles. The van der Waals surface area contributed by atoms with Gasteiger partial charge in [0.25, 0.3) is 5.91 Å². The Balaban J connectivity index is 2.15. The van der Waals surface area contributed by atoms with Gasteiger partial charge in [0, 0.05) is 17.1 Å². The molecule has 2 amide bonds. The van der Waals surface area contributed by atoms with Crippen LogP contribution in [0.2, 0.25) is 5.02 Å². The van der Waals surface area contributed by atoms with Gasteiger partial charge >= 0.3 is 0 Å². The average molecular weight is 417 g/mol. The van der Waals surface area contributed by atoms with Crippen molar-refractivity contribution in [2.75, 3.05) is 6.61 Å². The molecule has 0 aliphatic carbocycles. The van der Waals surface area contributed by atoms with E-state index in [4.69, 9.17) is 16.3 Å². The molecule has 29 heavy (non-hydrogen) atoms. The van der Waals surface area contributed by atoms with Crippen LogP contribution in [0, 0.1) is 6.92 Å². The summed E-state index contributed by atoms with van der Waals surface area (Å²) in [6.07, 6.45) is 0. The van der Waals surface area contributed by atoms with E-state index in [1.807, 2.05) is 64.1 Å². The molecule has 0 aromatic heterocycles. The van der Waals surface area contributed by atoms with E-state index in [2.05, 4.69) is 5.32 Å². The van der Waals surface area contributed by atoms with Gasteiger partial charge < -0.3 is 15.0 Å². The highest BCUT2D eigenvalue weighted by atomic mass is 35.5. The Bertz CT molecular complexity index is 827. The molecule has 0 saturated heterocycles. The van der Waals surface area contributed by atoms with Crippen molar-refractivity contribution in [1.82, 2.24) is 10.2 Å². The van der Waals surface area contributed by atoms with Crippen LogP contribution in [0.3, 0.4) is 0 Å². The minimum Gasteiger partial charge on any atom is -0.484 e. The summed E-state index contributed by atoms with van der Waals surface area (Å²) in [5.41, 5.74) is 1.60. The standard InChI is InChI=1S/C23H29ClN2O3/c1-16-6-12-20(13-7-16)29-15-21(27)26(14-18-8-10-19(24)11-9-18)17(2)22(28)25-23(3,4)5/h6-13,17H,14-15H2,1-5H3,(H,25,28)/t17-/m0/s1. The molecule has 6 heteroatoms. The topological polar surface area (TPSA) is 58.6 Å². The van der Waals surface area contributed by atoms with Crippen LogP contribution in [-0.2, 0) is 16.1 Å². The Morgan fingerprint density at radius 3 is 2.21 bits per heavy atom. The normalized spacial score (nSPS) is 12.2. The van der Waals surface area contributed by atoms with Crippen molar-refractivity contribution in [1.29, 1.82) is 0 Å². The molecule has 0 aliphatic rings. The van der Waals surface area contributed by atoms with Crippen LogP contribution < -0.4 is 10.1 Å². The molecular weight excluding hydrogens is 388 g/mol. The van der Waals surface area contributed by atoms with Crippen molar-refractivity contribution in [2.45, 2.75) is 52.7 Å². The van der Waals surface area contributed by atoms with E-state index in [1.54, 1.807) is 19.1 Å². The lowest BCUT2D eigenvalue weighted by atomic mass is 10.1. The van der Waals surface area contributed by atoms with Crippen molar-refractivity contribution < 1.29 is 14.3 Å². The summed E-state index contributed by atoms with van der Waals surface area (Å²) in [6.45, 7) is 9.56. The van der Waals surface area contributed by atoms with Gasteiger partial charge in [0.15, 0.2) is 6.61 Å². The van der Waals surface area contributed by atoms with Gasteiger partial charge in [0.2, 0.25) is 5.91 Å². The first-order chi connectivity index (χ1) is 13.5. The molecule has 0 aliphatic heterocycles. The fourth-order valence-corrected chi connectivity index (χ4v) is 2.83. The van der Waals surface area contributed by atoms with Gasteiger partial charge in [0.1, 0.15) is 11.8 Å². The number of nitrogens with zero attached hydrogens (tertiary/aromatic N) is 1. The summed E-state index contributed by atoms with van der Waals surface area (Å²) in [7, 11) is 0. The highest BCUT2D eigenvalue weighted by Gasteiger charge is 2.28. The molecular formula is C23H29ClN2O3. The van der Waals surface area contributed by atoms with E-state index in [0.29, 0.717) is 10.8 Å². The van der Waals surface area contributed by atoms with Gasteiger partial charge in [0.05, 0.1) is 0 Å². The summed E-state index contributed by atoms with van der Waals surface area (Å²) in [4.78, 5) is 27.2. The predicted octanol–water partition coefficient (Wildman–Crippen LogP) is 4.36. The Kier molecular flexibility index (Phi) is 7.68. The number of hydrogen-bond donors (Lipinski definition) is 1. The summed E-state index contributed by atoms with van der Waals surface area (Å²) in [5.74, 6) is 0.134. The monoisotopic (exact) mass is 416 g/mol. The SMILES string of the molecule is Cc1ccc(OCC(=O)N(Cc2ccc(Cl)cc2)[C@@H](C)C(=O)NC(C)(C)C)cc1. The summed E-state index contributed by atoms with van der Waals surface area (Å²) < 4.78 is 5.65. The maximum absolute atomic E-state index is 13.0. The van der Waals surface area contributed by atoms with Crippen molar-refractivity contribution in [3.8, 4) is 5.75 Å². The van der Waals surface area contributed by atoms with E-state index in [0.717, 1.165) is 11.1 Å². The minimum absolute atomic E-state index is 0.149. The molecule has 0 saturated carbocycles. The fourth-order valence-electron chi connectivity index (χ4n) is 2.71. The zero-order valence-corrected chi connectivity index (χ0v) is 18.4. The molecule has 5 nitrogen and oxygen atoms in total. The molecule has 1 N–H and O–H groups in total. The second-order valence-electron chi connectivity index (χ2n) is 8.17. The molecule has 2 aromatic rings. The van der Waals surface area contributed by atoms with E-state index in [9.17, 15) is 9.59 Å². The summed E-state index contributed by atoms with van der Waals surface area (Å²) >= 11 is 5.96. The molecule has 0 spiro atoms. The van der Waals surface area contributed by atoms with Crippen LogP contribution in [0.5, 0.6) is 5.75 Å². The number of hydrogen-bond acceptors (Lipinski definition) is 3. The maximum Gasteiger partial charge on any atom is 0.261 e. The number of carbonyl (C=O) groups is 2. The van der Waals surface area contributed by atoms with Crippen LogP contribution in [0.15, 0.2) is 48.5 Å². The van der Waals surface area contributed by atoms with Gasteiger partial charge in [-0.2, -0.15) is 0 Å². The lowest BCUT2D eigenvalue weighted by Crippen LogP contribution is -2.53. The van der Waals surface area contributed by atoms with E-state index >= 15 is 0 Å². The smallest absolute Gasteiger partial charge is 0.261 e. The molecule has 0 unspecified atom stereocenters. The highest BCUT2D eigenvalue weighted by molar-refractivity contribution is 6.30. The van der Waals surface area contributed by atoms with Gasteiger partial charge in [-0.05, 0) is 64.4 Å². The van der Waals surface area contributed by atoms with E-state index < -0.39 is 11.6 Å². The predicted molar refractivity (Wildman–Crippen MR) is 116 cm³/mol. The Hall–Kier alpha value is -2.53. The van der Waals surface area contributed by atoms with E-state index in [-0.39, 0.29) is 25.0 Å². The number of carbonyl (C=O) groups excluding carboxylic acids is 2. The number of halogens is 1. The summed E-state index contributed by atoms with van der Waals surface area (Å²) in [6, 6.07) is 14.1. The number of rotatable bonds is 7. The van der Waals surface area contributed by atoms with Crippen LogP contribution in [0.25, 0.3) is 0 Å². The van der Waals surface area contributed by atoms with Crippen molar-refractivity contribution in [2.24, 2.45) is 0 Å². The zero-order valence-electron chi connectivity index (χ0n) is 17.7. The number of benzene rings is 2. The second kappa shape index (κ2) is 9.79. The molecule has 0 fully saturated rings. The van der Waals surface area contributed by atoms with Gasteiger partial charge in [-0.1, -0.05) is 41.4 Å². The molecule has 2 rings (SSSR count). The molecule has 0 heterocycles. The first-order valence-electron chi connectivity index (χ1n) is 9.60. The first kappa shape index (κ1) is 22.8. The first-order valence-corrected chi connectivity index (χ1v) is 9.98. The van der Waals surface area contributed by atoms with E-state index in [1.165, 1.54) is 4.90 Å². The Morgan fingerprint density at radius 1 is 1.07 bits per heavy atom. The van der Waals surface area contributed by atoms with Crippen LogP contribution in [-0.4, -0.2) is 34.9 Å². The van der Waals surface area contributed by atoms with Crippen molar-refractivity contribution in [3.63, 3.8) is 0 Å². The number of aryl methyl sites for hydroxylation is 1. The largest absolute Gasteiger partial charge is 0.484 e. The number of nitrogens with one attached hydrogen (secondary N) is 1. The quantitative estimate of drug-likeness (QED) is 0.729.